The summed E-state index contributed by atoms with van der Waals surface area (Å²) in [5, 5.41) is 5.68. The van der Waals surface area contributed by atoms with Crippen LogP contribution in [-0.4, -0.2) is 6.54 Å². The molecule has 0 saturated carbocycles. The predicted molar refractivity (Wildman–Crippen MR) is 91.3 cm³/mol. The Balaban J connectivity index is 2.18. The summed E-state index contributed by atoms with van der Waals surface area (Å²) in [5.41, 5.74) is 2.43. The van der Waals surface area contributed by atoms with Gasteiger partial charge in [0.1, 0.15) is 5.82 Å². The number of thiophene rings is 1. The van der Waals surface area contributed by atoms with Crippen LogP contribution in [0.1, 0.15) is 24.1 Å². The lowest BCUT2D eigenvalue weighted by molar-refractivity contribution is 0.549. The van der Waals surface area contributed by atoms with Crippen molar-refractivity contribution in [1.29, 1.82) is 0 Å². The van der Waals surface area contributed by atoms with Gasteiger partial charge in [0, 0.05) is 6.04 Å². The normalized spacial score (nSPS) is 12.6. The van der Waals surface area contributed by atoms with Gasteiger partial charge in [0.05, 0.1) is 7.36 Å². The zero-order chi connectivity index (χ0) is 13.8. The lowest BCUT2D eigenvalue weighted by atomic mass is 10.0. The van der Waals surface area contributed by atoms with Crippen molar-refractivity contribution in [3.8, 4) is 0 Å². The second kappa shape index (κ2) is 7.15. The first-order valence-corrected chi connectivity index (χ1v) is 8.76. The lowest BCUT2D eigenvalue weighted by Crippen LogP contribution is -2.22. The highest BCUT2D eigenvalue weighted by molar-refractivity contribution is 14.1. The maximum Gasteiger partial charge on any atom is 0.137 e. The molecule has 19 heavy (non-hydrogen) atoms. The van der Waals surface area contributed by atoms with Gasteiger partial charge in [-0.25, -0.2) is 4.39 Å². The maximum absolute atomic E-state index is 13.2. The first-order valence-electron chi connectivity index (χ1n) is 6.01. The van der Waals surface area contributed by atoms with Crippen molar-refractivity contribution in [2.45, 2.75) is 19.4 Å². The molecule has 1 atom stereocenters. The molecule has 0 fully saturated rings. The summed E-state index contributed by atoms with van der Waals surface area (Å²) < 4.78 is 15.1. The van der Waals surface area contributed by atoms with E-state index < -0.39 is 0 Å². The van der Waals surface area contributed by atoms with Crippen LogP contribution >= 0.6 is 49.9 Å². The van der Waals surface area contributed by atoms with Crippen molar-refractivity contribution in [3.05, 3.63) is 53.9 Å². The van der Waals surface area contributed by atoms with Gasteiger partial charge in [-0.05, 0) is 86.2 Å². The van der Waals surface area contributed by atoms with Crippen molar-refractivity contribution in [1.82, 2.24) is 5.32 Å². The average molecular weight is 454 g/mol. The van der Waals surface area contributed by atoms with E-state index in [-0.39, 0.29) is 11.9 Å². The third-order valence-corrected chi connectivity index (χ3v) is 5.28. The third-order valence-electron chi connectivity index (χ3n) is 2.86. The van der Waals surface area contributed by atoms with Crippen LogP contribution in [0, 0.1) is 8.70 Å². The lowest BCUT2D eigenvalue weighted by Gasteiger charge is -2.17. The Bertz CT molecular complexity index is 558. The van der Waals surface area contributed by atoms with Crippen LogP contribution in [0.2, 0.25) is 0 Å². The van der Waals surface area contributed by atoms with E-state index in [2.05, 4.69) is 62.2 Å². The summed E-state index contributed by atoms with van der Waals surface area (Å²) in [6.07, 6.45) is 0.861. The highest BCUT2D eigenvalue weighted by Gasteiger charge is 2.13. The van der Waals surface area contributed by atoms with Crippen LogP contribution in [0.3, 0.4) is 0 Å². The summed E-state index contributed by atoms with van der Waals surface area (Å²) in [4.78, 5) is 0. The molecular formula is C14H14BrFINS. The maximum atomic E-state index is 13.2. The number of benzene rings is 1. The van der Waals surface area contributed by atoms with Crippen molar-refractivity contribution >= 4 is 49.9 Å². The minimum atomic E-state index is -0.214. The quantitative estimate of drug-likeness (QED) is 0.617. The molecule has 1 N–H and O–H groups in total. The summed E-state index contributed by atoms with van der Waals surface area (Å²) in [7, 11) is 0. The topological polar surface area (TPSA) is 12.0 Å². The Morgan fingerprint density at radius 1 is 1.42 bits per heavy atom. The Hall–Kier alpha value is 0.0200. The fraction of sp³-hybridized carbons (Fsp3) is 0.286. The molecular weight excluding hydrogens is 440 g/mol. The average Bonchev–Trinajstić information content (AvgIpc) is 2.80. The van der Waals surface area contributed by atoms with Gasteiger partial charge in [-0.1, -0.05) is 13.0 Å². The summed E-state index contributed by atoms with van der Waals surface area (Å²) in [6.45, 7) is 3.02. The number of hydrogen-bond donors (Lipinski definition) is 1. The molecule has 0 aliphatic rings. The first-order chi connectivity index (χ1) is 9.10. The van der Waals surface area contributed by atoms with Gasteiger partial charge in [-0.15, -0.1) is 11.3 Å². The van der Waals surface area contributed by atoms with Gasteiger partial charge in [0.15, 0.2) is 0 Å². The van der Waals surface area contributed by atoms with E-state index >= 15 is 0 Å². The molecule has 102 valence electrons. The van der Waals surface area contributed by atoms with E-state index in [1.807, 2.05) is 12.1 Å². The van der Waals surface area contributed by atoms with Gasteiger partial charge >= 0.3 is 0 Å². The van der Waals surface area contributed by atoms with E-state index in [0.29, 0.717) is 4.47 Å². The van der Waals surface area contributed by atoms with E-state index in [0.717, 1.165) is 18.5 Å². The van der Waals surface area contributed by atoms with Crippen LogP contribution < -0.4 is 5.32 Å². The highest BCUT2D eigenvalue weighted by atomic mass is 127. The molecule has 0 spiro atoms. The van der Waals surface area contributed by atoms with Crippen LogP contribution in [0.5, 0.6) is 0 Å². The van der Waals surface area contributed by atoms with Gasteiger partial charge in [-0.2, -0.15) is 0 Å². The van der Waals surface area contributed by atoms with Crippen molar-refractivity contribution in [2.24, 2.45) is 0 Å². The second-order valence-corrected chi connectivity index (χ2v) is 7.91. The standard InChI is InChI=1S/C14H14BrFINS/c1-2-18-13(10-7-14(17)19-8-10)6-9-3-4-12(16)11(15)5-9/h3-5,7-8,13,18H,2,6H2,1H3. The molecule has 1 aromatic carbocycles. The van der Waals surface area contributed by atoms with E-state index in [1.165, 1.54) is 14.5 Å². The van der Waals surface area contributed by atoms with Crippen LogP contribution in [0.4, 0.5) is 4.39 Å². The third kappa shape index (κ3) is 4.24. The zero-order valence-electron chi connectivity index (χ0n) is 10.4. The molecule has 1 nitrogen and oxygen atoms in total. The van der Waals surface area contributed by atoms with Crippen molar-refractivity contribution in [3.63, 3.8) is 0 Å². The zero-order valence-corrected chi connectivity index (χ0v) is 15.0. The molecule has 0 radical (unpaired) electrons. The van der Waals surface area contributed by atoms with Crippen LogP contribution in [-0.2, 0) is 6.42 Å². The number of rotatable bonds is 5. The Morgan fingerprint density at radius 2 is 2.21 bits per heavy atom. The Morgan fingerprint density at radius 3 is 2.79 bits per heavy atom. The molecule has 1 unspecified atom stereocenters. The molecule has 1 heterocycles. The van der Waals surface area contributed by atoms with Crippen LogP contribution in [0.15, 0.2) is 34.1 Å². The largest absolute Gasteiger partial charge is 0.310 e. The Kier molecular flexibility index (Phi) is 5.80. The summed E-state index contributed by atoms with van der Waals surface area (Å²) in [5.74, 6) is -0.214. The second-order valence-electron chi connectivity index (χ2n) is 4.25. The summed E-state index contributed by atoms with van der Waals surface area (Å²) in [6, 6.07) is 7.71. The Labute approximate surface area is 138 Å². The molecule has 0 saturated heterocycles. The molecule has 5 heteroatoms. The van der Waals surface area contributed by atoms with Crippen molar-refractivity contribution in [2.75, 3.05) is 6.54 Å². The predicted octanol–water partition coefficient (Wildman–Crippen LogP) is 5.15. The highest BCUT2D eigenvalue weighted by Crippen LogP contribution is 2.26. The van der Waals surface area contributed by atoms with Gasteiger partial charge in [0.2, 0.25) is 0 Å². The smallest absolute Gasteiger partial charge is 0.137 e. The molecule has 1 aromatic heterocycles. The fourth-order valence-corrected chi connectivity index (χ4v) is 3.81. The number of likely N-dealkylation sites (N-methyl/N-ethyl adjacent to an activating group) is 1. The minimum Gasteiger partial charge on any atom is -0.310 e. The van der Waals surface area contributed by atoms with Gasteiger partial charge < -0.3 is 5.32 Å². The van der Waals surface area contributed by atoms with E-state index in [4.69, 9.17) is 0 Å². The molecule has 2 rings (SSSR count). The molecule has 0 aliphatic heterocycles. The van der Waals surface area contributed by atoms with Gasteiger partial charge in [0.25, 0.3) is 0 Å². The van der Waals surface area contributed by atoms with Gasteiger partial charge in [-0.3, -0.25) is 0 Å². The first kappa shape index (κ1) is 15.4. The minimum absolute atomic E-state index is 0.214. The summed E-state index contributed by atoms with van der Waals surface area (Å²) >= 11 is 7.33. The molecule has 0 bridgehead atoms. The number of hydrogen-bond acceptors (Lipinski definition) is 2. The molecule has 0 amide bonds. The number of nitrogens with one attached hydrogen (secondary N) is 1. The SMILES string of the molecule is CCNC(Cc1ccc(F)c(Br)c1)c1csc(I)c1. The van der Waals surface area contributed by atoms with Crippen LogP contribution in [0.25, 0.3) is 0 Å². The number of halogens is 3. The molecule has 0 aliphatic carbocycles. The monoisotopic (exact) mass is 453 g/mol. The molecule has 2 aromatic rings. The van der Waals surface area contributed by atoms with E-state index in [9.17, 15) is 4.39 Å². The fourth-order valence-electron chi connectivity index (χ4n) is 1.96. The van der Waals surface area contributed by atoms with E-state index in [1.54, 1.807) is 11.3 Å². The van der Waals surface area contributed by atoms with Crippen molar-refractivity contribution < 1.29 is 4.39 Å².